The number of fused-ring (bicyclic) bond motifs is 4. The van der Waals surface area contributed by atoms with Gasteiger partial charge in [0.1, 0.15) is 28.5 Å². The number of carbonyl (C=O) groups excluding carboxylic acids is 2. The number of carbonyl (C=O) groups is 2. The van der Waals surface area contributed by atoms with Gasteiger partial charge in [-0.1, -0.05) is 41.9 Å². The van der Waals surface area contributed by atoms with Crippen molar-refractivity contribution in [3.05, 3.63) is 110 Å². The maximum Gasteiger partial charge on any atom is 0.225 e. The Morgan fingerprint density at radius 3 is 2.38 bits per heavy atom. The summed E-state index contributed by atoms with van der Waals surface area (Å²) in [6.07, 6.45) is 3.15. The van der Waals surface area contributed by atoms with Crippen LogP contribution in [-0.4, -0.2) is 68.2 Å². The second-order valence-corrected chi connectivity index (χ2v) is 14.4. The van der Waals surface area contributed by atoms with Crippen LogP contribution in [0.3, 0.4) is 0 Å². The van der Waals surface area contributed by atoms with Crippen molar-refractivity contribution in [2.45, 2.75) is 46.1 Å². The molecular weight excluding hydrogens is 642 g/mol. The molecule has 3 aromatic heterocycles. The van der Waals surface area contributed by atoms with Gasteiger partial charge in [-0.05, 0) is 67.3 Å². The minimum absolute atomic E-state index is 0.0441. The summed E-state index contributed by atoms with van der Waals surface area (Å²) < 4.78 is 2.08. The lowest BCUT2D eigenvalue weighted by atomic mass is 9.99. The van der Waals surface area contributed by atoms with E-state index in [0.29, 0.717) is 49.9 Å². The van der Waals surface area contributed by atoms with Gasteiger partial charge in [0.2, 0.25) is 5.91 Å². The number of hydrogen-bond acceptors (Lipinski definition) is 8. The number of aliphatic imine (C=N–C) groups is 1. The number of hydrogen-bond donors (Lipinski definition) is 0. The van der Waals surface area contributed by atoms with E-state index in [1.165, 1.54) is 4.88 Å². The zero-order valence-corrected chi connectivity index (χ0v) is 28.6. The summed E-state index contributed by atoms with van der Waals surface area (Å²) in [6, 6.07) is 17.6. The first-order chi connectivity index (χ1) is 23.2. The number of piperazine rings is 1. The Labute approximate surface area is 287 Å². The van der Waals surface area contributed by atoms with Crippen molar-refractivity contribution in [2.24, 2.45) is 4.99 Å². The molecule has 0 radical (unpaired) electrons. The molecule has 1 aliphatic carbocycles. The van der Waals surface area contributed by atoms with Gasteiger partial charge in [-0.2, -0.15) is 0 Å². The zero-order valence-electron chi connectivity index (χ0n) is 27.0. The molecular formula is C37H34ClN7O2S. The maximum absolute atomic E-state index is 13.9. The molecule has 0 unspecified atom stereocenters. The third-order valence-corrected chi connectivity index (χ3v) is 11.2. The van der Waals surface area contributed by atoms with Crippen molar-refractivity contribution in [1.82, 2.24) is 24.6 Å². The Bertz CT molecular complexity index is 2110. The second-order valence-electron chi connectivity index (χ2n) is 12.8. The molecule has 0 spiro atoms. The Hall–Kier alpha value is -4.67. The van der Waals surface area contributed by atoms with Gasteiger partial charge in [-0.3, -0.25) is 19.1 Å². The summed E-state index contributed by atoms with van der Waals surface area (Å²) in [5.74, 6) is 2.67. The van der Waals surface area contributed by atoms with Crippen molar-refractivity contribution in [2.75, 3.05) is 31.1 Å². The van der Waals surface area contributed by atoms with Crippen molar-refractivity contribution < 1.29 is 9.59 Å². The van der Waals surface area contributed by atoms with Gasteiger partial charge < -0.3 is 9.80 Å². The van der Waals surface area contributed by atoms with Crippen LogP contribution in [0, 0.1) is 20.8 Å². The van der Waals surface area contributed by atoms with Crippen LogP contribution in [-0.2, 0) is 22.4 Å². The lowest BCUT2D eigenvalue weighted by molar-refractivity contribution is -0.132. The van der Waals surface area contributed by atoms with Crippen LogP contribution in [0.1, 0.15) is 56.8 Å². The van der Waals surface area contributed by atoms with E-state index in [9.17, 15) is 9.59 Å². The topological polar surface area (TPSA) is 96.6 Å². The van der Waals surface area contributed by atoms with E-state index in [2.05, 4.69) is 57.8 Å². The van der Waals surface area contributed by atoms with Gasteiger partial charge in [0.25, 0.3) is 0 Å². The second kappa shape index (κ2) is 12.1. The number of amides is 1. The highest BCUT2D eigenvalue weighted by molar-refractivity contribution is 7.15. The average Bonchev–Trinajstić information content (AvgIpc) is 3.73. The molecule has 242 valence electrons. The Kier molecular flexibility index (Phi) is 7.72. The number of rotatable bonds is 5. The summed E-state index contributed by atoms with van der Waals surface area (Å²) in [5.41, 5.74) is 8.37. The van der Waals surface area contributed by atoms with Crippen molar-refractivity contribution in [3.8, 4) is 16.1 Å². The standard InChI is InChI=1S/C37H34ClN7O2S/c1-21-22(2)48-37-34(21)35(24-6-9-29(38)10-7-24)40-31(36-42-41-23(3)45(36)37)19-33(47)44-14-12-43(13-15-44)32-11-8-27(20-39-32)25-4-5-26-17-30(46)18-28(26)16-25/h4-11,16,20,31H,12-15,17-19H2,1-3H3/t31-/m0/s1. The summed E-state index contributed by atoms with van der Waals surface area (Å²) in [6.45, 7) is 8.76. The van der Waals surface area contributed by atoms with Gasteiger partial charge >= 0.3 is 0 Å². The van der Waals surface area contributed by atoms with E-state index in [1.54, 1.807) is 11.3 Å². The van der Waals surface area contributed by atoms with Gasteiger partial charge in [-0.25, -0.2) is 4.98 Å². The molecule has 1 atom stereocenters. The first-order valence-electron chi connectivity index (χ1n) is 16.2. The van der Waals surface area contributed by atoms with Crippen molar-refractivity contribution >= 4 is 46.2 Å². The summed E-state index contributed by atoms with van der Waals surface area (Å²) in [7, 11) is 0. The number of anilines is 1. The number of ketones is 1. The normalized spacial score (nSPS) is 17.1. The van der Waals surface area contributed by atoms with Crippen molar-refractivity contribution in [3.63, 3.8) is 0 Å². The van der Waals surface area contributed by atoms with E-state index in [4.69, 9.17) is 21.6 Å². The fourth-order valence-corrected chi connectivity index (χ4v) is 8.33. The first-order valence-corrected chi connectivity index (χ1v) is 17.4. The van der Waals surface area contributed by atoms with E-state index >= 15 is 0 Å². The molecule has 0 N–H and O–H groups in total. The van der Waals surface area contributed by atoms with Crippen LogP contribution in [0.2, 0.25) is 5.02 Å². The molecule has 0 bridgehead atoms. The fraction of sp³-hybridized carbons (Fsp3) is 0.297. The highest BCUT2D eigenvalue weighted by Gasteiger charge is 2.34. The number of nitrogens with zero attached hydrogens (tertiary/aromatic N) is 7. The SMILES string of the molecule is Cc1sc2c(c1C)C(c1ccc(Cl)cc1)=N[C@@H](CC(=O)N1CCN(c3ccc(-c4ccc5c(c4)CC(=O)C5)cn3)CC1)c1nnc(C)n1-2. The minimum Gasteiger partial charge on any atom is -0.353 e. The van der Waals surface area contributed by atoms with Gasteiger partial charge in [0.15, 0.2) is 5.82 Å². The van der Waals surface area contributed by atoms with Crippen LogP contribution in [0.15, 0.2) is 65.8 Å². The Morgan fingerprint density at radius 1 is 0.896 bits per heavy atom. The minimum atomic E-state index is -0.492. The van der Waals surface area contributed by atoms with Crippen LogP contribution in [0.5, 0.6) is 0 Å². The largest absolute Gasteiger partial charge is 0.353 e. The smallest absolute Gasteiger partial charge is 0.225 e. The van der Waals surface area contributed by atoms with E-state index in [1.807, 2.05) is 48.4 Å². The third kappa shape index (κ3) is 5.42. The number of benzene rings is 2. The summed E-state index contributed by atoms with van der Waals surface area (Å²) in [5, 5.41) is 10.7. The van der Waals surface area contributed by atoms with Crippen LogP contribution in [0.25, 0.3) is 16.1 Å². The molecule has 1 saturated heterocycles. The predicted molar refractivity (Wildman–Crippen MR) is 189 cm³/mol. The molecule has 11 heteroatoms. The number of halogens is 1. The number of aryl methyl sites for hydroxylation is 2. The molecule has 5 aromatic rings. The van der Waals surface area contributed by atoms with Crippen molar-refractivity contribution in [1.29, 1.82) is 0 Å². The monoisotopic (exact) mass is 675 g/mol. The number of aromatic nitrogens is 4. The molecule has 0 saturated carbocycles. The molecule has 8 rings (SSSR count). The highest BCUT2D eigenvalue weighted by Crippen LogP contribution is 2.40. The van der Waals surface area contributed by atoms with Gasteiger partial charge in [0, 0.05) is 71.8 Å². The quantitative estimate of drug-likeness (QED) is 0.218. The molecule has 1 amide bonds. The highest BCUT2D eigenvalue weighted by atomic mass is 35.5. The van der Waals surface area contributed by atoms with Crippen LogP contribution < -0.4 is 4.90 Å². The lowest BCUT2D eigenvalue weighted by Crippen LogP contribution is -2.49. The number of pyridine rings is 1. The van der Waals surface area contributed by atoms with Gasteiger partial charge in [-0.15, -0.1) is 21.5 Å². The average molecular weight is 676 g/mol. The number of thiophene rings is 1. The number of Topliss-reactive ketones (excluding diaryl/α,β-unsaturated/α-hetero) is 1. The Balaban J connectivity index is 0.998. The van der Waals surface area contributed by atoms with Crippen LogP contribution >= 0.6 is 22.9 Å². The van der Waals surface area contributed by atoms with E-state index < -0.39 is 6.04 Å². The molecule has 2 aliphatic heterocycles. The zero-order chi connectivity index (χ0) is 33.1. The molecule has 2 aromatic carbocycles. The molecule has 9 nitrogen and oxygen atoms in total. The van der Waals surface area contributed by atoms with Crippen LogP contribution in [0.4, 0.5) is 5.82 Å². The Morgan fingerprint density at radius 2 is 1.62 bits per heavy atom. The first kappa shape index (κ1) is 30.7. The van der Waals surface area contributed by atoms with E-state index in [0.717, 1.165) is 61.3 Å². The molecule has 1 fully saturated rings. The third-order valence-electron chi connectivity index (χ3n) is 9.74. The van der Waals surface area contributed by atoms with Gasteiger partial charge in [0.05, 0.1) is 12.1 Å². The summed E-state index contributed by atoms with van der Waals surface area (Å²) in [4.78, 5) is 41.2. The fourth-order valence-electron chi connectivity index (χ4n) is 6.99. The molecule has 3 aliphatic rings. The predicted octanol–water partition coefficient (Wildman–Crippen LogP) is 6.27. The lowest BCUT2D eigenvalue weighted by Gasteiger charge is -2.35. The maximum atomic E-state index is 13.9. The van der Waals surface area contributed by atoms with E-state index in [-0.39, 0.29) is 18.1 Å². The molecule has 48 heavy (non-hydrogen) atoms. The molecule has 5 heterocycles. The summed E-state index contributed by atoms with van der Waals surface area (Å²) >= 11 is 7.96.